The summed E-state index contributed by atoms with van der Waals surface area (Å²) in [5.41, 5.74) is 4.77. The Bertz CT molecular complexity index is 1560. The van der Waals surface area contributed by atoms with Crippen LogP contribution in [0.15, 0.2) is 77.7 Å². The third-order valence-corrected chi connectivity index (χ3v) is 5.96. The largest absolute Gasteiger partial charge is 0.332 e. The van der Waals surface area contributed by atoms with Crippen molar-refractivity contribution in [3.8, 4) is 23.5 Å². The van der Waals surface area contributed by atoms with E-state index in [-0.39, 0.29) is 0 Å². The third kappa shape index (κ3) is 3.83. The maximum Gasteiger partial charge on any atom is 0.226 e. The topological polar surface area (TPSA) is 72.6 Å². The molecule has 158 valence electrons. The van der Waals surface area contributed by atoms with Crippen LogP contribution in [0.4, 0.5) is 5.95 Å². The van der Waals surface area contributed by atoms with E-state index in [4.69, 9.17) is 4.98 Å². The van der Waals surface area contributed by atoms with Crippen LogP contribution in [0.1, 0.15) is 16.8 Å². The number of fused-ring (bicyclic) bond motifs is 2. The smallest absolute Gasteiger partial charge is 0.226 e. The molecule has 2 aromatic carbocycles. The van der Waals surface area contributed by atoms with Crippen LogP contribution >= 0.6 is 15.9 Å². The lowest BCUT2D eigenvalue weighted by Gasteiger charge is -2.15. The molecule has 0 atom stereocenters. The van der Waals surface area contributed by atoms with Crippen molar-refractivity contribution in [2.24, 2.45) is 0 Å². The van der Waals surface area contributed by atoms with E-state index in [2.05, 4.69) is 71.0 Å². The molecule has 5 aromatic rings. The highest BCUT2D eigenvalue weighted by Crippen LogP contribution is 2.29. The molecule has 0 aliphatic carbocycles. The Balaban J connectivity index is 1.28. The van der Waals surface area contributed by atoms with Crippen LogP contribution in [0, 0.1) is 12.0 Å². The Kier molecular flexibility index (Phi) is 4.82. The fourth-order valence-corrected chi connectivity index (χ4v) is 4.26. The van der Waals surface area contributed by atoms with Gasteiger partial charge in [0.1, 0.15) is 11.4 Å². The SMILES string of the molecule is Brc1ccc2c(c1)CN(c1nccc(-c3nccc(C#Cn4ncc5ccccc54)n3)n1)C2. The number of hydrogen-bond donors (Lipinski definition) is 0. The number of hydrogen-bond acceptors (Lipinski definition) is 6. The van der Waals surface area contributed by atoms with Crippen molar-refractivity contribution in [2.75, 3.05) is 4.90 Å². The molecule has 0 N–H and O–H groups in total. The van der Waals surface area contributed by atoms with E-state index in [1.807, 2.05) is 30.3 Å². The molecule has 0 unspecified atom stereocenters. The molecule has 33 heavy (non-hydrogen) atoms. The van der Waals surface area contributed by atoms with Crippen LogP contribution in [0.5, 0.6) is 0 Å². The predicted molar refractivity (Wildman–Crippen MR) is 129 cm³/mol. The Labute approximate surface area is 198 Å². The first-order valence-corrected chi connectivity index (χ1v) is 11.2. The molecule has 0 saturated heterocycles. The van der Waals surface area contributed by atoms with Crippen molar-refractivity contribution in [2.45, 2.75) is 13.1 Å². The van der Waals surface area contributed by atoms with Crippen molar-refractivity contribution >= 4 is 32.8 Å². The molecule has 1 aliphatic rings. The van der Waals surface area contributed by atoms with E-state index in [0.717, 1.165) is 28.5 Å². The van der Waals surface area contributed by atoms with E-state index in [1.54, 1.807) is 29.3 Å². The number of anilines is 1. The summed E-state index contributed by atoms with van der Waals surface area (Å²) in [6.07, 6.45) is 5.24. The summed E-state index contributed by atoms with van der Waals surface area (Å²) in [4.78, 5) is 20.4. The van der Waals surface area contributed by atoms with Gasteiger partial charge in [-0.3, -0.25) is 0 Å². The Morgan fingerprint density at radius 3 is 2.73 bits per heavy atom. The Morgan fingerprint density at radius 1 is 0.879 bits per heavy atom. The van der Waals surface area contributed by atoms with Gasteiger partial charge in [-0.2, -0.15) is 9.78 Å². The quantitative estimate of drug-likeness (QED) is 0.339. The summed E-state index contributed by atoms with van der Waals surface area (Å²) in [5, 5.41) is 5.38. The summed E-state index contributed by atoms with van der Waals surface area (Å²) in [6.45, 7) is 1.54. The molecule has 0 fully saturated rings. The zero-order valence-electron chi connectivity index (χ0n) is 17.4. The van der Waals surface area contributed by atoms with E-state index in [9.17, 15) is 0 Å². The lowest BCUT2D eigenvalue weighted by molar-refractivity contribution is 0.828. The summed E-state index contributed by atoms with van der Waals surface area (Å²) < 4.78 is 2.73. The van der Waals surface area contributed by atoms with Gasteiger partial charge in [0.2, 0.25) is 5.95 Å². The van der Waals surface area contributed by atoms with Crippen LogP contribution < -0.4 is 4.90 Å². The summed E-state index contributed by atoms with van der Waals surface area (Å²) in [7, 11) is 0. The molecule has 4 heterocycles. The van der Waals surface area contributed by atoms with Crippen LogP contribution in [0.3, 0.4) is 0 Å². The van der Waals surface area contributed by atoms with Gasteiger partial charge in [-0.25, -0.2) is 19.9 Å². The van der Waals surface area contributed by atoms with Crippen LogP contribution in [0.25, 0.3) is 22.4 Å². The zero-order chi connectivity index (χ0) is 22.2. The Morgan fingerprint density at radius 2 is 1.76 bits per heavy atom. The lowest BCUT2D eigenvalue weighted by atomic mass is 10.1. The molecular formula is C25H16BrN7. The second-order valence-corrected chi connectivity index (χ2v) is 8.54. The molecule has 0 radical (unpaired) electrons. The van der Waals surface area contributed by atoms with Gasteiger partial charge in [0, 0.05) is 41.4 Å². The minimum absolute atomic E-state index is 0.509. The number of benzene rings is 2. The second kappa shape index (κ2) is 8.11. The van der Waals surface area contributed by atoms with E-state index >= 15 is 0 Å². The van der Waals surface area contributed by atoms with Gasteiger partial charge in [0.05, 0.1) is 11.7 Å². The summed E-state index contributed by atoms with van der Waals surface area (Å²) in [5.74, 6) is 4.24. The second-order valence-electron chi connectivity index (χ2n) is 7.63. The molecule has 8 heteroatoms. The van der Waals surface area contributed by atoms with Gasteiger partial charge in [-0.1, -0.05) is 40.2 Å². The van der Waals surface area contributed by atoms with E-state index < -0.39 is 0 Å². The number of para-hydroxylation sites is 1. The number of halogens is 1. The fourth-order valence-electron chi connectivity index (χ4n) is 3.85. The van der Waals surface area contributed by atoms with E-state index in [1.165, 1.54) is 11.1 Å². The summed E-state index contributed by atoms with van der Waals surface area (Å²) >= 11 is 3.54. The molecule has 7 nitrogen and oxygen atoms in total. The van der Waals surface area contributed by atoms with Gasteiger partial charge < -0.3 is 4.90 Å². The predicted octanol–water partition coefficient (Wildman–Crippen LogP) is 4.42. The number of rotatable bonds is 2. The minimum Gasteiger partial charge on any atom is -0.332 e. The molecule has 0 saturated carbocycles. The molecule has 6 rings (SSSR count). The molecule has 3 aromatic heterocycles. The third-order valence-electron chi connectivity index (χ3n) is 5.47. The van der Waals surface area contributed by atoms with Crippen LogP contribution in [0.2, 0.25) is 0 Å². The molecule has 0 bridgehead atoms. The first kappa shape index (κ1) is 19.6. The highest BCUT2D eigenvalue weighted by atomic mass is 79.9. The molecular weight excluding hydrogens is 478 g/mol. The molecule has 0 spiro atoms. The Hall–Kier alpha value is -4.09. The van der Waals surface area contributed by atoms with Gasteiger partial charge in [-0.05, 0) is 47.4 Å². The van der Waals surface area contributed by atoms with Crippen molar-refractivity contribution < 1.29 is 0 Å². The van der Waals surface area contributed by atoms with Gasteiger partial charge >= 0.3 is 0 Å². The average molecular weight is 494 g/mol. The lowest BCUT2D eigenvalue weighted by Crippen LogP contribution is -2.17. The van der Waals surface area contributed by atoms with Crippen LogP contribution in [-0.2, 0) is 13.1 Å². The number of aromatic nitrogens is 6. The highest BCUT2D eigenvalue weighted by molar-refractivity contribution is 9.10. The van der Waals surface area contributed by atoms with Gasteiger partial charge in [0.25, 0.3) is 0 Å². The normalized spacial score (nSPS) is 12.5. The maximum absolute atomic E-state index is 4.73. The van der Waals surface area contributed by atoms with Crippen LogP contribution in [-0.4, -0.2) is 29.7 Å². The first-order valence-electron chi connectivity index (χ1n) is 10.4. The highest BCUT2D eigenvalue weighted by Gasteiger charge is 2.21. The summed E-state index contributed by atoms with van der Waals surface area (Å²) in [6, 6.07) is 20.9. The van der Waals surface area contributed by atoms with Crippen molar-refractivity contribution in [1.82, 2.24) is 29.7 Å². The standard InChI is InChI=1S/C25H16BrN7/c26-20-6-5-18-15-32(16-19(18)13-20)25-28-11-8-22(31-25)24-27-10-7-21(30-24)9-12-33-23-4-2-1-3-17(23)14-29-33/h1-8,10-11,13-14H,15-16H2. The number of nitrogens with zero attached hydrogens (tertiary/aromatic N) is 7. The van der Waals surface area contributed by atoms with E-state index in [0.29, 0.717) is 23.2 Å². The van der Waals surface area contributed by atoms with Crippen molar-refractivity contribution in [3.63, 3.8) is 0 Å². The average Bonchev–Trinajstić information content (AvgIpc) is 3.47. The van der Waals surface area contributed by atoms with Gasteiger partial charge in [-0.15, -0.1) is 0 Å². The first-order chi connectivity index (χ1) is 16.2. The van der Waals surface area contributed by atoms with Crippen molar-refractivity contribution in [1.29, 1.82) is 0 Å². The minimum atomic E-state index is 0.509. The van der Waals surface area contributed by atoms with Crippen molar-refractivity contribution in [3.05, 3.63) is 94.5 Å². The van der Waals surface area contributed by atoms with Gasteiger partial charge in [0.15, 0.2) is 5.82 Å². The molecule has 1 aliphatic heterocycles. The monoisotopic (exact) mass is 493 g/mol. The molecule has 0 amide bonds. The maximum atomic E-state index is 4.73. The fraction of sp³-hybridized carbons (Fsp3) is 0.0800. The zero-order valence-corrected chi connectivity index (χ0v) is 18.9.